The highest BCUT2D eigenvalue weighted by molar-refractivity contribution is 5.79. The van der Waals surface area contributed by atoms with Crippen LogP contribution >= 0.6 is 0 Å². The van der Waals surface area contributed by atoms with Crippen LogP contribution in [0, 0.1) is 11.3 Å². The summed E-state index contributed by atoms with van der Waals surface area (Å²) in [7, 11) is 0. The number of aliphatic carboxylic acids is 1. The molecule has 1 fully saturated rings. The van der Waals surface area contributed by atoms with Crippen molar-refractivity contribution >= 4 is 17.0 Å². The Bertz CT molecular complexity index is 687. The van der Waals surface area contributed by atoms with Crippen molar-refractivity contribution in [1.29, 1.82) is 0 Å². The summed E-state index contributed by atoms with van der Waals surface area (Å²) in [5, 5.41) is 9.38. The second-order valence-corrected chi connectivity index (χ2v) is 6.41. The molecule has 2 atom stereocenters. The molecule has 0 aromatic carbocycles. The molecule has 2 aromatic rings. The molecule has 1 aliphatic rings. The van der Waals surface area contributed by atoms with Gasteiger partial charge in [-0.15, -0.1) is 0 Å². The van der Waals surface area contributed by atoms with Gasteiger partial charge >= 0.3 is 5.97 Å². The molecule has 5 nitrogen and oxygen atoms in total. The number of carbonyl (C=O) groups is 1. The van der Waals surface area contributed by atoms with Gasteiger partial charge in [-0.1, -0.05) is 13.8 Å². The number of hydrogen-bond donors (Lipinski definition) is 1. The van der Waals surface area contributed by atoms with Gasteiger partial charge in [-0.3, -0.25) is 9.78 Å². The van der Waals surface area contributed by atoms with Crippen molar-refractivity contribution in [3.63, 3.8) is 0 Å². The maximum absolute atomic E-state index is 11.4. The van der Waals surface area contributed by atoms with Gasteiger partial charge in [0.05, 0.1) is 17.6 Å². The summed E-state index contributed by atoms with van der Waals surface area (Å²) in [5.74, 6) is -0.250. The highest BCUT2D eigenvalue weighted by atomic mass is 16.4. The van der Waals surface area contributed by atoms with Crippen molar-refractivity contribution in [2.45, 2.75) is 39.7 Å². The number of fused-ring (bicyclic) bond motifs is 1. The molecule has 1 saturated carbocycles. The summed E-state index contributed by atoms with van der Waals surface area (Å²) < 4.78 is 2.15. The molecule has 5 heteroatoms. The molecule has 0 radical (unpaired) electrons. The van der Waals surface area contributed by atoms with Crippen LogP contribution in [-0.4, -0.2) is 25.6 Å². The lowest BCUT2D eigenvalue weighted by molar-refractivity contribution is -0.139. The average molecular weight is 273 g/mol. The predicted octanol–water partition coefficient (Wildman–Crippen LogP) is 2.84. The lowest BCUT2D eigenvalue weighted by atomic mass is 10.1. The highest BCUT2D eigenvalue weighted by Crippen LogP contribution is 2.64. The summed E-state index contributed by atoms with van der Waals surface area (Å²) in [6, 6.07) is 2.18. The molecule has 106 valence electrons. The summed E-state index contributed by atoms with van der Waals surface area (Å²) in [6.07, 6.45) is 3.49. The van der Waals surface area contributed by atoms with Crippen LogP contribution in [-0.2, 0) is 4.79 Å². The zero-order chi connectivity index (χ0) is 14.7. The predicted molar refractivity (Wildman–Crippen MR) is 75.6 cm³/mol. The molecule has 1 aliphatic carbocycles. The van der Waals surface area contributed by atoms with Gasteiger partial charge in [0.25, 0.3) is 0 Å². The van der Waals surface area contributed by atoms with E-state index in [2.05, 4.69) is 28.4 Å². The second kappa shape index (κ2) is 4.04. The van der Waals surface area contributed by atoms with Gasteiger partial charge in [-0.25, -0.2) is 4.98 Å². The highest BCUT2D eigenvalue weighted by Gasteiger charge is 2.64. The monoisotopic (exact) mass is 273 g/mol. The Labute approximate surface area is 117 Å². The minimum absolute atomic E-state index is 0.0326. The van der Waals surface area contributed by atoms with Crippen LogP contribution in [0.1, 0.15) is 45.5 Å². The zero-order valence-corrected chi connectivity index (χ0v) is 12.2. The van der Waals surface area contributed by atoms with Crippen molar-refractivity contribution in [3.8, 4) is 0 Å². The molecule has 3 rings (SSSR count). The number of pyridine rings is 1. The maximum atomic E-state index is 11.4. The first kappa shape index (κ1) is 13.1. The number of aromatic nitrogens is 3. The van der Waals surface area contributed by atoms with E-state index in [0.717, 1.165) is 16.9 Å². The van der Waals surface area contributed by atoms with Gasteiger partial charge in [0, 0.05) is 18.2 Å². The van der Waals surface area contributed by atoms with E-state index in [4.69, 9.17) is 0 Å². The summed E-state index contributed by atoms with van der Waals surface area (Å²) in [4.78, 5) is 20.2. The molecule has 0 aliphatic heterocycles. The normalized spacial score (nSPS) is 24.2. The Hall–Kier alpha value is -1.91. The van der Waals surface area contributed by atoms with E-state index in [1.54, 1.807) is 12.4 Å². The first-order valence-electron chi connectivity index (χ1n) is 6.90. The van der Waals surface area contributed by atoms with Crippen molar-refractivity contribution < 1.29 is 9.90 Å². The van der Waals surface area contributed by atoms with Gasteiger partial charge in [0.1, 0.15) is 11.3 Å². The molecule has 0 amide bonds. The average Bonchev–Trinajstić information content (AvgIpc) is 2.77. The Morgan fingerprint density at radius 1 is 1.45 bits per heavy atom. The maximum Gasteiger partial charge on any atom is 0.307 e. The van der Waals surface area contributed by atoms with E-state index in [1.807, 2.05) is 19.9 Å². The summed E-state index contributed by atoms with van der Waals surface area (Å²) in [6.45, 7) is 8.18. The SMILES string of the molecule is CC(C)n1c(C2C(C(=O)O)C2(C)C)nc2cnccc21. The Morgan fingerprint density at radius 2 is 2.15 bits per heavy atom. The molecular formula is C15H19N3O2. The molecule has 2 heterocycles. The molecule has 2 aromatic heterocycles. The van der Waals surface area contributed by atoms with E-state index >= 15 is 0 Å². The van der Waals surface area contributed by atoms with E-state index in [0.29, 0.717) is 0 Å². The van der Waals surface area contributed by atoms with Crippen LogP contribution in [0.3, 0.4) is 0 Å². The van der Waals surface area contributed by atoms with Gasteiger partial charge in [0.15, 0.2) is 0 Å². The molecule has 0 spiro atoms. The van der Waals surface area contributed by atoms with Gasteiger partial charge < -0.3 is 9.67 Å². The zero-order valence-electron chi connectivity index (χ0n) is 12.2. The van der Waals surface area contributed by atoms with E-state index in [-0.39, 0.29) is 23.3 Å². The molecule has 2 unspecified atom stereocenters. The summed E-state index contributed by atoms with van der Waals surface area (Å²) in [5.41, 5.74) is 1.62. The van der Waals surface area contributed by atoms with E-state index < -0.39 is 5.97 Å². The number of carboxylic acids is 1. The molecule has 0 bridgehead atoms. The van der Waals surface area contributed by atoms with Crippen LogP contribution < -0.4 is 0 Å². The number of imidazole rings is 1. The molecule has 1 N–H and O–H groups in total. The van der Waals surface area contributed by atoms with Gasteiger partial charge in [-0.2, -0.15) is 0 Å². The third-order valence-electron chi connectivity index (χ3n) is 4.41. The number of carboxylic acid groups (broad SMARTS) is 1. The van der Waals surface area contributed by atoms with Crippen LogP contribution in [0.5, 0.6) is 0 Å². The van der Waals surface area contributed by atoms with Crippen LogP contribution in [0.25, 0.3) is 11.0 Å². The van der Waals surface area contributed by atoms with Crippen molar-refractivity contribution in [2.75, 3.05) is 0 Å². The quantitative estimate of drug-likeness (QED) is 0.933. The fourth-order valence-electron chi connectivity index (χ4n) is 3.31. The fraction of sp³-hybridized carbons (Fsp3) is 0.533. The van der Waals surface area contributed by atoms with Crippen LogP contribution in [0.2, 0.25) is 0 Å². The third kappa shape index (κ3) is 1.65. The largest absolute Gasteiger partial charge is 0.481 e. The van der Waals surface area contributed by atoms with Crippen LogP contribution in [0.4, 0.5) is 0 Å². The lowest BCUT2D eigenvalue weighted by Gasteiger charge is -2.13. The minimum Gasteiger partial charge on any atom is -0.481 e. The topological polar surface area (TPSA) is 68.0 Å². The minimum atomic E-state index is -0.736. The molecular weight excluding hydrogens is 254 g/mol. The molecule has 20 heavy (non-hydrogen) atoms. The van der Waals surface area contributed by atoms with Crippen LogP contribution in [0.15, 0.2) is 18.5 Å². The Morgan fingerprint density at radius 3 is 2.70 bits per heavy atom. The Balaban J connectivity index is 2.18. The smallest absolute Gasteiger partial charge is 0.307 e. The van der Waals surface area contributed by atoms with Crippen molar-refractivity contribution in [2.24, 2.45) is 11.3 Å². The standard InChI is InChI=1S/C15H19N3O2/c1-8(2)18-10-5-6-16-7-9(10)17-13(18)11-12(14(19)20)15(11,3)4/h5-8,11-12H,1-4H3,(H,19,20). The first-order chi connectivity index (χ1) is 9.35. The van der Waals surface area contributed by atoms with Gasteiger partial charge in [0.2, 0.25) is 0 Å². The fourth-order valence-corrected chi connectivity index (χ4v) is 3.31. The van der Waals surface area contributed by atoms with Crippen molar-refractivity contribution in [3.05, 3.63) is 24.3 Å². The third-order valence-corrected chi connectivity index (χ3v) is 4.41. The van der Waals surface area contributed by atoms with Crippen molar-refractivity contribution in [1.82, 2.24) is 14.5 Å². The van der Waals surface area contributed by atoms with Gasteiger partial charge in [-0.05, 0) is 25.3 Å². The summed E-state index contributed by atoms with van der Waals surface area (Å²) >= 11 is 0. The first-order valence-corrected chi connectivity index (χ1v) is 6.90. The van der Waals surface area contributed by atoms with E-state index in [1.165, 1.54) is 0 Å². The number of hydrogen-bond acceptors (Lipinski definition) is 3. The molecule has 0 saturated heterocycles. The number of nitrogens with zero attached hydrogens (tertiary/aromatic N) is 3. The lowest BCUT2D eigenvalue weighted by Crippen LogP contribution is -2.08. The second-order valence-electron chi connectivity index (χ2n) is 6.41. The Kier molecular flexibility index (Phi) is 2.64. The number of rotatable bonds is 3. The van der Waals surface area contributed by atoms with E-state index in [9.17, 15) is 9.90 Å².